The first kappa shape index (κ1) is 16.6. The maximum atomic E-state index is 12.5. The lowest BCUT2D eigenvalue weighted by molar-refractivity contribution is -0.140. The number of halogens is 3. The molecule has 6 heteroatoms. The molecular formula is C17H12F3NO2. The van der Waals surface area contributed by atoms with Crippen molar-refractivity contribution in [3.05, 3.63) is 65.0 Å². The lowest BCUT2D eigenvalue weighted by Gasteiger charge is -2.05. The van der Waals surface area contributed by atoms with Gasteiger partial charge in [0, 0.05) is 11.8 Å². The molecule has 0 amide bonds. The number of hydrogen-bond acceptors (Lipinski definition) is 3. The Hall–Kier alpha value is -2.81. The molecule has 0 aliphatic rings. The lowest BCUT2D eigenvalue weighted by atomic mass is 10.1. The van der Waals surface area contributed by atoms with Gasteiger partial charge in [0.2, 0.25) is 0 Å². The molecule has 1 aromatic carbocycles. The second-order valence-electron chi connectivity index (χ2n) is 4.63. The number of carbonyl (C=O) groups excluding carboxylic acids is 1. The largest absolute Gasteiger partial charge is 0.469 e. The summed E-state index contributed by atoms with van der Waals surface area (Å²) in [5.74, 6) is 5.12. The third-order valence-corrected chi connectivity index (χ3v) is 2.95. The standard InChI is InChI=1S/C17H12F3NO2/c1-23-16(22)11-13-8-9-21-15(10-13)7-4-12-2-5-14(6-3-12)17(18,19)20/h2-3,5-6,8-10H,11H2,1H3. The number of aromatic nitrogens is 1. The van der Waals surface area contributed by atoms with Crippen molar-refractivity contribution >= 4 is 5.97 Å². The van der Waals surface area contributed by atoms with Crippen LogP contribution in [0.5, 0.6) is 0 Å². The monoisotopic (exact) mass is 319 g/mol. The summed E-state index contributed by atoms with van der Waals surface area (Å²) in [5, 5.41) is 0. The number of esters is 1. The summed E-state index contributed by atoms with van der Waals surface area (Å²) < 4.78 is 42.0. The number of nitrogens with zero attached hydrogens (tertiary/aromatic N) is 1. The van der Waals surface area contributed by atoms with Gasteiger partial charge in [-0.1, -0.05) is 5.92 Å². The highest BCUT2D eigenvalue weighted by Crippen LogP contribution is 2.28. The lowest BCUT2D eigenvalue weighted by Crippen LogP contribution is -2.04. The van der Waals surface area contributed by atoms with Crippen LogP contribution in [0.25, 0.3) is 0 Å². The fraction of sp³-hybridized carbons (Fsp3) is 0.176. The topological polar surface area (TPSA) is 39.2 Å². The van der Waals surface area contributed by atoms with Gasteiger partial charge in [0.15, 0.2) is 0 Å². The average Bonchev–Trinajstić information content (AvgIpc) is 2.53. The van der Waals surface area contributed by atoms with Gasteiger partial charge >= 0.3 is 12.1 Å². The molecule has 2 aromatic rings. The van der Waals surface area contributed by atoms with E-state index >= 15 is 0 Å². The summed E-state index contributed by atoms with van der Waals surface area (Å²) in [6, 6.07) is 7.85. The molecule has 0 fully saturated rings. The molecule has 1 heterocycles. The maximum Gasteiger partial charge on any atom is 0.416 e. The van der Waals surface area contributed by atoms with Crippen molar-refractivity contribution in [1.82, 2.24) is 4.98 Å². The maximum absolute atomic E-state index is 12.5. The van der Waals surface area contributed by atoms with E-state index in [2.05, 4.69) is 21.6 Å². The Morgan fingerprint density at radius 1 is 1.17 bits per heavy atom. The molecule has 0 radical (unpaired) electrons. The van der Waals surface area contributed by atoms with Gasteiger partial charge in [0.05, 0.1) is 19.1 Å². The molecule has 0 atom stereocenters. The molecule has 3 nitrogen and oxygen atoms in total. The number of methoxy groups -OCH3 is 1. The minimum atomic E-state index is -4.37. The van der Waals surface area contributed by atoms with Gasteiger partial charge in [-0.25, -0.2) is 4.98 Å². The molecule has 0 bridgehead atoms. The number of pyridine rings is 1. The minimum absolute atomic E-state index is 0.105. The van der Waals surface area contributed by atoms with Gasteiger partial charge in [-0.3, -0.25) is 4.79 Å². The summed E-state index contributed by atoms with van der Waals surface area (Å²) in [5.41, 5.74) is 0.842. The smallest absolute Gasteiger partial charge is 0.416 e. The van der Waals surface area contributed by atoms with E-state index < -0.39 is 11.7 Å². The van der Waals surface area contributed by atoms with Crippen LogP contribution in [-0.4, -0.2) is 18.1 Å². The van der Waals surface area contributed by atoms with Crippen molar-refractivity contribution in [1.29, 1.82) is 0 Å². The average molecular weight is 319 g/mol. The van der Waals surface area contributed by atoms with Gasteiger partial charge in [-0.05, 0) is 47.9 Å². The molecule has 0 aliphatic heterocycles. The van der Waals surface area contributed by atoms with E-state index in [1.54, 1.807) is 12.1 Å². The van der Waals surface area contributed by atoms with Gasteiger partial charge in [0.1, 0.15) is 5.69 Å². The molecule has 0 saturated carbocycles. The zero-order valence-electron chi connectivity index (χ0n) is 12.1. The zero-order chi connectivity index (χ0) is 16.9. The molecule has 0 unspecified atom stereocenters. The zero-order valence-corrected chi connectivity index (χ0v) is 12.1. The van der Waals surface area contributed by atoms with Crippen LogP contribution in [0.15, 0.2) is 42.6 Å². The van der Waals surface area contributed by atoms with Crippen LogP contribution in [0, 0.1) is 11.8 Å². The van der Waals surface area contributed by atoms with Gasteiger partial charge in [-0.2, -0.15) is 13.2 Å². The van der Waals surface area contributed by atoms with Crippen molar-refractivity contribution in [3.63, 3.8) is 0 Å². The van der Waals surface area contributed by atoms with Crippen LogP contribution < -0.4 is 0 Å². The summed E-state index contributed by atoms with van der Waals surface area (Å²) in [6.07, 6.45) is -2.75. The van der Waals surface area contributed by atoms with Crippen LogP contribution in [0.4, 0.5) is 13.2 Å². The molecule has 0 aliphatic carbocycles. The Bertz CT molecular complexity index is 756. The van der Waals surface area contributed by atoms with Crippen LogP contribution in [-0.2, 0) is 22.1 Å². The van der Waals surface area contributed by atoms with Crippen LogP contribution in [0.1, 0.15) is 22.4 Å². The first-order valence-electron chi connectivity index (χ1n) is 6.59. The highest BCUT2D eigenvalue weighted by atomic mass is 19.4. The fourth-order valence-electron chi connectivity index (χ4n) is 1.77. The minimum Gasteiger partial charge on any atom is -0.469 e. The number of carbonyl (C=O) groups is 1. The molecule has 23 heavy (non-hydrogen) atoms. The van der Waals surface area contributed by atoms with Crippen LogP contribution in [0.3, 0.4) is 0 Å². The summed E-state index contributed by atoms with van der Waals surface area (Å²) in [4.78, 5) is 15.3. The van der Waals surface area contributed by atoms with Gasteiger partial charge in [0.25, 0.3) is 0 Å². The molecular weight excluding hydrogens is 307 g/mol. The van der Waals surface area contributed by atoms with E-state index in [-0.39, 0.29) is 12.4 Å². The first-order chi connectivity index (χ1) is 10.9. The van der Waals surface area contributed by atoms with Gasteiger partial charge < -0.3 is 4.74 Å². The SMILES string of the molecule is COC(=O)Cc1ccnc(C#Cc2ccc(C(F)(F)F)cc2)c1. The number of alkyl halides is 3. The molecule has 1 aromatic heterocycles. The quantitative estimate of drug-likeness (QED) is 0.630. The van der Waals surface area contributed by atoms with Crippen molar-refractivity contribution in [3.8, 4) is 11.8 Å². The second-order valence-corrected chi connectivity index (χ2v) is 4.63. The number of benzene rings is 1. The van der Waals surface area contributed by atoms with Gasteiger partial charge in [-0.15, -0.1) is 0 Å². The van der Waals surface area contributed by atoms with E-state index in [0.717, 1.165) is 12.1 Å². The number of hydrogen-bond donors (Lipinski definition) is 0. The number of rotatable bonds is 2. The third kappa shape index (κ3) is 4.85. The molecule has 0 saturated heterocycles. The highest BCUT2D eigenvalue weighted by Gasteiger charge is 2.29. The van der Waals surface area contributed by atoms with Crippen molar-refractivity contribution in [2.45, 2.75) is 12.6 Å². The van der Waals surface area contributed by atoms with E-state index in [9.17, 15) is 18.0 Å². The molecule has 0 N–H and O–H groups in total. The Morgan fingerprint density at radius 2 is 1.87 bits per heavy atom. The summed E-state index contributed by atoms with van der Waals surface area (Å²) >= 11 is 0. The van der Waals surface area contributed by atoms with E-state index in [1.807, 2.05) is 0 Å². The fourth-order valence-corrected chi connectivity index (χ4v) is 1.77. The highest BCUT2D eigenvalue weighted by molar-refractivity contribution is 5.72. The Morgan fingerprint density at radius 3 is 2.48 bits per heavy atom. The summed E-state index contributed by atoms with van der Waals surface area (Å²) in [7, 11) is 1.30. The Labute approximate surface area is 131 Å². The Balaban J connectivity index is 2.15. The summed E-state index contributed by atoms with van der Waals surface area (Å²) in [6.45, 7) is 0. The van der Waals surface area contributed by atoms with Crippen molar-refractivity contribution in [2.75, 3.05) is 7.11 Å². The third-order valence-electron chi connectivity index (χ3n) is 2.95. The van der Waals surface area contributed by atoms with E-state index in [0.29, 0.717) is 16.8 Å². The Kier molecular flexibility index (Phi) is 5.02. The normalized spacial score (nSPS) is 10.6. The van der Waals surface area contributed by atoms with Crippen molar-refractivity contribution in [2.24, 2.45) is 0 Å². The molecule has 2 rings (SSSR count). The van der Waals surface area contributed by atoms with E-state index in [4.69, 9.17) is 0 Å². The van der Waals surface area contributed by atoms with E-state index in [1.165, 1.54) is 25.4 Å². The molecule has 0 spiro atoms. The first-order valence-corrected chi connectivity index (χ1v) is 6.59. The second kappa shape index (κ2) is 6.97. The predicted molar refractivity (Wildman–Crippen MR) is 77.4 cm³/mol. The van der Waals surface area contributed by atoms with Crippen LogP contribution >= 0.6 is 0 Å². The number of ether oxygens (including phenoxy) is 1. The van der Waals surface area contributed by atoms with Crippen LogP contribution in [0.2, 0.25) is 0 Å². The predicted octanol–water partition coefficient (Wildman–Crippen LogP) is 3.22. The van der Waals surface area contributed by atoms with Crippen molar-refractivity contribution < 1.29 is 22.7 Å². The molecule has 118 valence electrons.